The van der Waals surface area contributed by atoms with Gasteiger partial charge in [-0.05, 0) is 56.7 Å². The molecule has 3 aromatic heterocycles. The molecule has 2 aliphatic carbocycles. The van der Waals surface area contributed by atoms with Crippen LogP contribution in [0.4, 0.5) is 13.2 Å². The molecule has 0 amide bonds. The van der Waals surface area contributed by atoms with Gasteiger partial charge in [0.1, 0.15) is 6.67 Å². The van der Waals surface area contributed by atoms with E-state index in [4.69, 9.17) is 5.73 Å². The van der Waals surface area contributed by atoms with Crippen molar-refractivity contribution in [2.24, 2.45) is 5.73 Å². The summed E-state index contributed by atoms with van der Waals surface area (Å²) in [6.45, 7) is -2.87. The first kappa shape index (κ1) is 29.3. The summed E-state index contributed by atoms with van der Waals surface area (Å²) in [5.41, 5.74) is 7.81. The first-order valence-corrected chi connectivity index (χ1v) is 15.7. The molecule has 16 heteroatoms. The fourth-order valence-corrected chi connectivity index (χ4v) is 6.89. The molecule has 1 unspecified atom stereocenters. The molecule has 2 saturated carbocycles. The van der Waals surface area contributed by atoms with Crippen LogP contribution in [0.2, 0.25) is 0 Å². The zero-order chi connectivity index (χ0) is 30.2. The van der Waals surface area contributed by atoms with Crippen molar-refractivity contribution in [2.45, 2.75) is 68.1 Å². The molecule has 1 aliphatic heterocycles. The highest BCUT2D eigenvalue weighted by atomic mass is 32.2. The third-order valence-electron chi connectivity index (χ3n) is 7.92. The second-order valence-corrected chi connectivity index (χ2v) is 13.1. The predicted molar refractivity (Wildman–Crippen MR) is 152 cm³/mol. The summed E-state index contributed by atoms with van der Waals surface area (Å²) >= 11 is 0. The Bertz CT molecular complexity index is 1630. The van der Waals surface area contributed by atoms with Gasteiger partial charge in [-0.1, -0.05) is 0 Å². The molecule has 230 valence electrons. The average molecular weight is 619 g/mol. The van der Waals surface area contributed by atoms with E-state index in [9.17, 15) is 21.6 Å². The van der Waals surface area contributed by atoms with Crippen molar-refractivity contribution in [1.82, 2.24) is 44.9 Å². The molecule has 0 radical (unpaired) electrons. The number of alkyl halides is 3. The maximum atomic E-state index is 13.3. The lowest BCUT2D eigenvalue weighted by Crippen LogP contribution is -2.50. The minimum absolute atomic E-state index is 0.0674. The van der Waals surface area contributed by atoms with Crippen LogP contribution < -0.4 is 21.7 Å². The molecular weight excluding hydrogens is 585 g/mol. The Labute approximate surface area is 246 Å². The van der Waals surface area contributed by atoms with E-state index in [2.05, 4.69) is 36.1 Å². The van der Waals surface area contributed by atoms with Crippen molar-refractivity contribution in [3.63, 3.8) is 0 Å². The third-order valence-corrected chi connectivity index (χ3v) is 9.96. The van der Waals surface area contributed by atoms with E-state index in [0.29, 0.717) is 52.3 Å². The quantitative estimate of drug-likeness (QED) is 0.252. The molecule has 5 N–H and O–H groups in total. The number of hydrogen-bond acceptors (Lipinski definition) is 10. The SMILES string of the molecule is NC1(c2ccnc(-c3cnn(S(=O)(=O)C4CC4)c3)n2)C=C(NC2CCC(NCCF)CC2)C(c2ccn(C(F)F)n2)=CN1. The predicted octanol–water partition coefficient (Wildman–Crippen LogP) is 2.37. The van der Waals surface area contributed by atoms with Crippen LogP contribution in [0.3, 0.4) is 0 Å². The van der Waals surface area contributed by atoms with Gasteiger partial charge in [0.15, 0.2) is 11.5 Å². The Morgan fingerprint density at radius 3 is 2.60 bits per heavy atom. The monoisotopic (exact) mass is 618 g/mol. The van der Waals surface area contributed by atoms with Gasteiger partial charge in [0.2, 0.25) is 0 Å². The van der Waals surface area contributed by atoms with Crippen LogP contribution in [0, 0.1) is 0 Å². The fourth-order valence-electron chi connectivity index (χ4n) is 5.41. The van der Waals surface area contributed by atoms with E-state index < -0.39 is 34.2 Å². The fraction of sp³-hybridized carbons (Fsp3) is 0.481. The Morgan fingerprint density at radius 1 is 1.14 bits per heavy atom. The van der Waals surface area contributed by atoms with Crippen LogP contribution in [0.25, 0.3) is 17.0 Å². The number of nitrogens with zero attached hydrogens (tertiary/aromatic N) is 6. The van der Waals surface area contributed by atoms with Gasteiger partial charge in [-0.2, -0.15) is 23.1 Å². The van der Waals surface area contributed by atoms with Crippen LogP contribution in [0.5, 0.6) is 0 Å². The molecule has 3 aromatic rings. The lowest BCUT2D eigenvalue weighted by molar-refractivity contribution is 0.0565. The van der Waals surface area contributed by atoms with E-state index >= 15 is 0 Å². The van der Waals surface area contributed by atoms with Gasteiger partial charge in [-0.15, -0.1) is 0 Å². The van der Waals surface area contributed by atoms with Crippen molar-refractivity contribution in [3.8, 4) is 11.4 Å². The first-order valence-electron chi connectivity index (χ1n) is 14.2. The molecule has 12 nitrogen and oxygen atoms in total. The average Bonchev–Trinajstić information content (AvgIpc) is 3.54. The number of nitrogens with two attached hydrogens (primary N) is 1. The van der Waals surface area contributed by atoms with Crippen LogP contribution >= 0.6 is 0 Å². The molecule has 1 atom stereocenters. The highest BCUT2D eigenvalue weighted by Gasteiger charge is 2.38. The molecule has 0 saturated heterocycles. The van der Waals surface area contributed by atoms with Crippen molar-refractivity contribution < 1.29 is 21.6 Å². The smallest absolute Gasteiger partial charge is 0.333 e. The third kappa shape index (κ3) is 6.17. The van der Waals surface area contributed by atoms with Gasteiger partial charge < -0.3 is 21.7 Å². The summed E-state index contributed by atoms with van der Waals surface area (Å²) in [5, 5.41) is 17.5. The molecule has 0 spiro atoms. The second kappa shape index (κ2) is 11.7. The minimum atomic E-state index is -3.55. The Kier molecular flexibility index (Phi) is 8.00. The van der Waals surface area contributed by atoms with E-state index in [0.717, 1.165) is 29.8 Å². The molecule has 4 heterocycles. The number of dihydropyridines is 1. The highest BCUT2D eigenvalue weighted by molar-refractivity contribution is 7.90. The Balaban J connectivity index is 1.27. The van der Waals surface area contributed by atoms with E-state index in [1.165, 1.54) is 30.9 Å². The number of halogens is 3. The molecule has 2 fully saturated rings. The topological polar surface area (TPSA) is 158 Å². The van der Waals surface area contributed by atoms with E-state index in [-0.39, 0.29) is 17.9 Å². The van der Waals surface area contributed by atoms with Crippen LogP contribution in [0.1, 0.15) is 56.5 Å². The van der Waals surface area contributed by atoms with Gasteiger partial charge >= 0.3 is 6.55 Å². The number of hydrogen-bond donors (Lipinski definition) is 4. The summed E-state index contributed by atoms with van der Waals surface area (Å²) in [6.07, 6.45) is 13.5. The molecule has 0 aromatic carbocycles. The van der Waals surface area contributed by atoms with Crippen molar-refractivity contribution in [3.05, 3.63) is 66.3 Å². The molecular formula is C27H33F3N10O2S. The summed E-state index contributed by atoms with van der Waals surface area (Å²) in [5.74, 6) is 0.244. The van der Waals surface area contributed by atoms with Gasteiger partial charge in [0, 0.05) is 48.5 Å². The van der Waals surface area contributed by atoms with E-state index in [1.807, 2.05) is 0 Å². The van der Waals surface area contributed by atoms with Gasteiger partial charge in [0.05, 0.1) is 34.6 Å². The van der Waals surface area contributed by atoms with Gasteiger partial charge in [0.25, 0.3) is 10.0 Å². The molecule has 0 bridgehead atoms. The van der Waals surface area contributed by atoms with Crippen molar-refractivity contribution in [1.29, 1.82) is 0 Å². The second-order valence-electron chi connectivity index (χ2n) is 11.0. The Morgan fingerprint density at radius 2 is 1.91 bits per heavy atom. The van der Waals surface area contributed by atoms with E-state index in [1.54, 1.807) is 18.3 Å². The number of nitrogens with one attached hydrogen (secondary N) is 3. The normalized spacial score (nSPS) is 24.4. The van der Waals surface area contributed by atoms with Crippen molar-refractivity contribution in [2.75, 3.05) is 13.2 Å². The van der Waals surface area contributed by atoms with Crippen LogP contribution in [-0.4, -0.2) is 67.9 Å². The maximum absolute atomic E-state index is 13.3. The largest absolute Gasteiger partial charge is 0.382 e. The minimum Gasteiger partial charge on any atom is -0.382 e. The maximum Gasteiger partial charge on any atom is 0.333 e. The summed E-state index contributed by atoms with van der Waals surface area (Å²) in [4.78, 5) is 8.94. The first-order chi connectivity index (χ1) is 20.7. The number of allylic oxidation sites excluding steroid dienone is 1. The van der Waals surface area contributed by atoms with Gasteiger partial charge in [-0.3, -0.25) is 0 Å². The standard InChI is InChI=1S/C27H33F3N10O2S/c28-9-11-32-18-1-3-19(4-2-18)36-23-13-27(31,34-15-21(23)22-8-12-39(38-22)26(29)30)24-7-10-33-25(37-24)17-14-35-40(16-17)43(41,42)20-5-6-20/h7-8,10,12-16,18-20,26,32,34,36H,1-6,9,11,31H2. The molecule has 43 heavy (non-hydrogen) atoms. The van der Waals surface area contributed by atoms with Crippen molar-refractivity contribution >= 4 is 15.6 Å². The zero-order valence-electron chi connectivity index (χ0n) is 23.2. The molecule has 3 aliphatic rings. The lowest BCUT2D eigenvalue weighted by Gasteiger charge is -2.35. The highest BCUT2D eigenvalue weighted by Crippen LogP contribution is 2.33. The zero-order valence-corrected chi connectivity index (χ0v) is 24.0. The summed E-state index contributed by atoms with van der Waals surface area (Å²) in [6, 6.07) is 3.45. The summed E-state index contributed by atoms with van der Waals surface area (Å²) < 4.78 is 66.0. The van der Waals surface area contributed by atoms with Crippen LogP contribution in [0.15, 0.2) is 54.9 Å². The van der Waals surface area contributed by atoms with Crippen LogP contribution in [-0.2, 0) is 15.7 Å². The Hall–Kier alpha value is -3.76. The number of aromatic nitrogens is 6. The number of rotatable bonds is 11. The lowest BCUT2D eigenvalue weighted by atomic mass is 9.89. The summed E-state index contributed by atoms with van der Waals surface area (Å²) in [7, 11) is -3.55. The van der Waals surface area contributed by atoms with Gasteiger partial charge in [-0.25, -0.2) is 27.5 Å². The molecule has 6 rings (SSSR count).